The van der Waals surface area contributed by atoms with Gasteiger partial charge in [0.15, 0.2) is 0 Å². The van der Waals surface area contributed by atoms with Crippen molar-refractivity contribution in [2.75, 3.05) is 34.0 Å². The SMILES string of the molecule is COC/N=C(/c1ccc2cc(OC)ccc2c1)C1CCCN(C2CCC(C)(C#N)CC2)C1. The molecule has 1 aliphatic carbocycles. The summed E-state index contributed by atoms with van der Waals surface area (Å²) in [4.78, 5) is 7.56. The van der Waals surface area contributed by atoms with E-state index in [1.165, 1.54) is 22.8 Å². The van der Waals surface area contributed by atoms with Crippen LogP contribution in [0.3, 0.4) is 0 Å². The molecule has 2 aromatic rings. The van der Waals surface area contributed by atoms with Crippen LogP contribution in [-0.4, -0.2) is 50.7 Å². The molecule has 0 spiro atoms. The summed E-state index contributed by atoms with van der Waals surface area (Å²) >= 11 is 0. The van der Waals surface area contributed by atoms with Crippen LogP contribution >= 0.6 is 0 Å². The van der Waals surface area contributed by atoms with Crippen molar-refractivity contribution < 1.29 is 9.47 Å². The van der Waals surface area contributed by atoms with E-state index in [-0.39, 0.29) is 5.41 Å². The van der Waals surface area contributed by atoms with Crippen LogP contribution in [0.1, 0.15) is 51.0 Å². The van der Waals surface area contributed by atoms with Crippen molar-refractivity contribution >= 4 is 16.5 Å². The Hall–Kier alpha value is -2.42. The predicted molar refractivity (Wildman–Crippen MR) is 129 cm³/mol. The molecule has 2 aliphatic rings. The van der Waals surface area contributed by atoms with Crippen LogP contribution in [0.4, 0.5) is 0 Å². The Morgan fingerprint density at radius 1 is 1.12 bits per heavy atom. The van der Waals surface area contributed by atoms with Gasteiger partial charge in [-0.05, 0) is 86.5 Å². The highest BCUT2D eigenvalue weighted by Crippen LogP contribution is 2.38. The van der Waals surface area contributed by atoms with Crippen molar-refractivity contribution in [3.8, 4) is 11.8 Å². The quantitative estimate of drug-likeness (QED) is 0.570. The molecule has 4 rings (SSSR count). The highest BCUT2D eigenvalue weighted by molar-refractivity contribution is 6.05. The maximum absolute atomic E-state index is 9.48. The molecule has 2 aromatic carbocycles. The van der Waals surface area contributed by atoms with E-state index >= 15 is 0 Å². The summed E-state index contributed by atoms with van der Waals surface area (Å²) in [6.45, 7) is 4.69. The molecule has 1 saturated carbocycles. The van der Waals surface area contributed by atoms with E-state index < -0.39 is 0 Å². The van der Waals surface area contributed by atoms with Gasteiger partial charge in [0.05, 0.1) is 18.6 Å². The van der Waals surface area contributed by atoms with Gasteiger partial charge in [0.25, 0.3) is 0 Å². The summed E-state index contributed by atoms with van der Waals surface area (Å²) in [6.07, 6.45) is 6.61. The molecule has 0 radical (unpaired) electrons. The largest absolute Gasteiger partial charge is 0.497 e. The number of benzene rings is 2. The zero-order valence-electron chi connectivity index (χ0n) is 19.6. The molecular weight excluding hydrogens is 398 g/mol. The number of nitriles is 1. The standard InChI is InChI=1S/C27H35N3O2/c1-27(18-28)12-10-24(11-13-27)30-14-4-5-23(17-30)26(29-19-31-2)22-7-6-21-16-25(32-3)9-8-20(21)15-22/h6-9,15-16,23-24H,4-5,10-14,17,19H2,1-3H3/b29-26-. The summed E-state index contributed by atoms with van der Waals surface area (Å²) in [6, 6.07) is 15.9. The number of nitrogens with zero attached hydrogens (tertiary/aromatic N) is 3. The van der Waals surface area contributed by atoms with Gasteiger partial charge in [-0.25, -0.2) is 0 Å². The first-order chi connectivity index (χ1) is 15.5. The molecule has 1 heterocycles. The number of ether oxygens (including phenoxy) is 2. The first-order valence-electron chi connectivity index (χ1n) is 11.8. The molecule has 170 valence electrons. The van der Waals surface area contributed by atoms with Gasteiger partial charge >= 0.3 is 0 Å². The predicted octanol–water partition coefficient (Wildman–Crippen LogP) is 5.43. The van der Waals surface area contributed by atoms with Crippen molar-refractivity contribution in [2.45, 2.75) is 51.5 Å². The lowest BCUT2D eigenvalue weighted by atomic mass is 9.74. The van der Waals surface area contributed by atoms with Crippen LogP contribution in [0, 0.1) is 22.7 Å². The van der Waals surface area contributed by atoms with Crippen LogP contribution in [0.2, 0.25) is 0 Å². The van der Waals surface area contributed by atoms with E-state index in [4.69, 9.17) is 14.5 Å². The maximum atomic E-state index is 9.48. The van der Waals surface area contributed by atoms with Gasteiger partial charge in [-0.15, -0.1) is 0 Å². The lowest BCUT2D eigenvalue weighted by molar-refractivity contribution is 0.0914. The average Bonchev–Trinajstić information content (AvgIpc) is 2.84. The molecule has 5 heteroatoms. The van der Waals surface area contributed by atoms with Crippen molar-refractivity contribution in [2.24, 2.45) is 16.3 Å². The van der Waals surface area contributed by atoms with Crippen LogP contribution < -0.4 is 4.74 Å². The summed E-state index contributed by atoms with van der Waals surface area (Å²) in [5.74, 6) is 1.28. The molecule has 0 amide bonds. The van der Waals surface area contributed by atoms with Crippen molar-refractivity contribution in [1.29, 1.82) is 5.26 Å². The van der Waals surface area contributed by atoms with Crippen LogP contribution in [0.5, 0.6) is 5.75 Å². The molecule has 1 saturated heterocycles. The Labute approximate surface area is 192 Å². The lowest BCUT2D eigenvalue weighted by Crippen LogP contribution is -2.47. The number of hydrogen-bond acceptors (Lipinski definition) is 5. The highest BCUT2D eigenvalue weighted by Gasteiger charge is 2.36. The normalized spacial score (nSPS) is 27.2. The number of hydrogen-bond donors (Lipinski definition) is 0. The van der Waals surface area contributed by atoms with Gasteiger partial charge in [-0.2, -0.15) is 5.26 Å². The summed E-state index contributed by atoms with van der Waals surface area (Å²) in [5.41, 5.74) is 2.21. The molecule has 2 fully saturated rings. The minimum absolute atomic E-state index is 0.134. The summed E-state index contributed by atoms with van der Waals surface area (Å²) < 4.78 is 10.7. The third-order valence-electron chi connectivity index (χ3n) is 7.39. The Morgan fingerprint density at radius 3 is 2.59 bits per heavy atom. The van der Waals surface area contributed by atoms with Crippen LogP contribution in [0.15, 0.2) is 41.4 Å². The third-order valence-corrected chi connectivity index (χ3v) is 7.39. The van der Waals surface area contributed by atoms with Crippen molar-refractivity contribution in [3.63, 3.8) is 0 Å². The molecule has 0 N–H and O–H groups in total. The fraction of sp³-hybridized carbons (Fsp3) is 0.556. The molecular formula is C27H35N3O2. The Morgan fingerprint density at radius 2 is 1.88 bits per heavy atom. The minimum atomic E-state index is -0.134. The van der Waals surface area contributed by atoms with Gasteiger partial charge < -0.3 is 9.47 Å². The first-order valence-corrected chi connectivity index (χ1v) is 11.8. The second kappa shape index (κ2) is 10.0. The second-order valence-corrected chi connectivity index (χ2v) is 9.63. The van der Waals surface area contributed by atoms with Crippen LogP contribution in [-0.2, 0) is 4.74 Å². The number of piperidine rings is 1. The fourth-order valence-electron chi connectivity index (χ4n) is 5.38. The number of rotatable bonds is 6. The summed E-state index contributed by atoms with van der Waals surface area (Å²) in [5, 5.41) is 11.8. The minimum Gasteiger partial charge on any atom is -0.497 e. The van der Waals surface area contributed by atoms with E-state index in [9.17, 15) is 5.26 Å². The summed E-state index contributed by atoms with van der Waals surface area (Å²) in [7, 11) is 3.40. The van der Waals surface area contributed by atoms with Gasteiger partial charge in [0.2, 0.25) is 0 Å². The van der Waals surface area contributed by atoms with Gasteiger partial charge in [0, 0.05) is 31.3 Å². The third kappa shape index (κ3) is 4.98. The smallest absolute Gasteiger partial charge is 0.137 e. The Kier molecular flexibility index (Phi) is 7.13. The number of aliphatic imine (C=N–C) groups is 1. The molecule has 5 nitrogen and oxygen atoms in total. The van der Waals surface area contributed by atoms with Gasteiger partial charge in [-0.1, -0.05) is 18.2 Å². The molecule has 32 heavy (non-hydrogen) atoms. The second-order valence-electron chi connectivity index (χ2n) is 9.63. The Bertz CT molecular complexity index is 1000. The molecule has 0 bridgehead atoms. The van der Waals surface area contributed by atoms with Crippen molar-refractivity contribution in [1.82, 2.24) is 4.90 Å². The zero-order valence-corrected chi connectivity index (χ0v) is 19.6. The topological polar surface area (TPSA) is 57.9 Å². The maximum Gasteiger partial charge on any atom is 0.137 e. The average molecular weight is 434 g/mol. The van der Waals surface area contributed by atoms with Gasteiger partial charge in [0.1, 0.15) is 12.5 Å². The molecule has 1 aliphatic heterocycles. The molecule has 1 atom stereocenters. The number of fused-ring (bicyclic) bond motifs is 1. The van der Waals surface area contributed by atoms with Gasteiger partial charge in [-0.3, -0.25) is 9.89 Å². The first kappa shape index (κ1) is 22.8. The van der Waals surface area contributed by atoms with Crippen molar-refractivity contribution in [3.05, 3.63) is 42.0 Å². The lowest BCUT2D eigenvalue weighted by Gasteiger charge is -2.43. The van der Waals surface area contributed by atoms with E-state index in [2.05, 4.69) is 48.2 Å². The highest BCUT2D eigenvalue weighted by atomic mass is 16.5. The van der Waals surface area contributed by atoms with E-state index in [0.29, 0.717) is 18.7 Å². The fourth-order valence-corrected chi connectivity index (χ4v) is 5.38. The van der Waals surface area contributed by atoms with E-state index in [1.807, 2.05) is 6.07 Å². The zero-order chi connectivity index (χ0) is 22.6. The van der Waals surface area contributed by atoms with Crippen LogP contribution in [0.25, 0.3) is 10.8 Å². The van der Waals surface area contributed by atoms with E-state index in [0.717, 1.165) is 56.7 Å². The monoisotopic (exact) mass is 433 g/mol. The molecule has 0 aromatic heterocycles. The Balaban J connectivity index is 1.54. The molecule has 1 unspecified atom stereocenters. The number of methoxy groups -OCH3 is 2. The van der Waals surface area contributed by atoms with E-state index in [1.54, 1.807) is 14.2 Å². The number of likely N-dealkylation sites (tertiary alicyclic amines) is 1.